The molecule has 0 spiro atoms. The zero-order chi connectivity index (χ0) is 11.5. The van der Waals surface area contributed by atoms with Gasteiger partial charge in [-0.2, -0.15) is 0 Å². The van der Waals surface area contributed by atoms with Gasteiger partial charge < -0.3 is 10.2 Å². The molecule has 1 fully saturated rings. The van der Waals surface area contributed by atoms with Gasteiger partial charge in [-0.15, -0.1) is 23.7 Å². The molecule has 3 nitrogen and oxygen atoms in total. The Morgan fingerprint density at radius 3 is 3.06 bits per heavy atom. The predicted octanol–water partition coefficient (Wildman–Crippen LogP) is 2.17. The molecule has 0 aromatic carbocycles. The van der Waals surface area contributed by atoms with Crippen LogP contribution in [0.4, 0.5) is 0 Å². The number of thiophene rings is 1. The van der Waals surface area contributed by atoms with Crippen LogP contribution in [-0.2, 0) is 6.42 Å². The molecule has 1 aliphatic rings. The fourth-order valence-electron chi connectivity index (χ4n) is 2.07. The number of carbonyl (C=O) groups excluding carboxylic acids is 1. The quantitative estimate of drug-likeness (QED) is 0.896. The molecule has 1 N–H and O–H groups in total. The summed E-state index contributed by atoms with van der Waals surface area (Å²) in [6, 6.07) is 2.36. The number of nitrogens with zero attached hydrogens (tertiary/aromatic N) is 1. The van der Waals surface area contributed by atoms with Gasteiger partial charge in [0.1, 0.15) is 0 Å². The van der Waals surface area contributed by atoms with Gasteiger partial charge in [0, 0.05) is 25.7 Å². The summed E-state index contributed by atoms with van der Waals surface area (Å²) in [6.45, 7) is 6.83. The molecule has 96 valence electrons. The Balaban J connectivity index is 0.00000144. The zero-order valence-corrected chi connectivity index (χ0v) is 11.9. The van der Waals surface area contributed by atoms with Crippen LogP contribution < -0.4 is 5.32 Å². The van der Waals surface area contributed by atoms with Crippen molar-refractivity contribution in [2.45, 2.75) is 26.3 Å². The van der Waals surface area contributed by atoms with Gasteiger partial charge in [-0.05, 0) is 30.4 Å². The highest BCUT2D eigenvalue weighted by molar-refractivity contribution is 7.12. The zero-order valence-electron chi connectivity index (χ0n) is 10.2. The maximum Gasteiger partial charge on any atom is 0.264 e. The van der Waals surface area contributed by atoms with E-state index >= 15 is 0 Å². The van der Waals surface area contributed by atoms with Crippen LogP contribution in [0.25, 0.3) is 0 Å². The van der Waals surface area contributed by atoms with Crippen LogP contribution in [0.3, 0.4) is 0 Å². The number of amides is 1. The number of hydrogen-bond donors (Lipinski definition) is 1. The van der Waals surface area contributed by atoms with Gasteiger partial charge in [0.2, 0.25) is 0 Å². The second-order valence-corrected chi connectivity index (χ2v) is 5.10. The number of hydrogen-bond acceptors (Lipinski definition) is 3. The second kappa shape index (κ2) is 6.38. The Hall–Kier alpha value is -0.580. The Labute approximate surface area is 113 Å². The molecule has 0 bridgehead atoms. The van der Waals surface area contributed by atoms with Gasteiger partial charge in [0.05, 0.1) is 4.88 Å². The fourth-order valence-corrected chi connectivity index (χ4v) is 3.03. The maximum atomic E-state index is 12.4. The standard InChI is InChI=1S/C12H18N2OS.ClH/c1-3-10-4-7-16-11(10)12(15)14-6-5-13-8-9(14)2;/h4,7,9,13H,3,5-6,8H2,1-2H3;1H/t9-;/m0./s1. The molecule has 0 radical (unpaired) electrons. The largest absolute Gasteiger partial charge is 0.333 e. The summed E-state index contributed by atoms with van der Waals surface area (Å²) in [6.07, 6.45) is 0.936. The molecule has 5 heteroatoms. The lowest BCUT2D eigenvalue weighted by molar-refractivity contribution is 0.0660. The molecule has 1 saturated heterocycles. The molecule has 1 amide bonds. The average Bonchev–Trinajstić information content (AvgIpc) is 2.77. The van der Waals surface area contributed by atoms with E-state index in [1.807, 2.05) is 10.3 Å². The first kappa shape index (κ1) is 14.5. The lowest BCUT2D eigenvalue weighted by atomic mass is 10.1. The van der Waals surface area contributed by atoms with Crippen molar-refractivity contribution in [1.82, 2.24) is 10.2 Å². The van der Waals surface area contributed by atoms with Crippen molar-refractivity contribution >= 4 is 29.7 Å². The topological polar surface area (TPSA) is 32.3 Å². The number of aryl methyl sites for hydroxylation is 1. The minimum Gasteiger partial charge on any atom is -0.333 e. The Bertz CT molecular complexity index is 380. The number of carbonyl (C=O) groups is 1. The highest BCUT2D eigenvalue weighted by atomic mass is 35.5. The summed E-state index contributed by atoms with van der Waals surface area (Å²) in [5, 5.41) is 5.32. The van der Waals surface area contributed by atoms with Crippen molar-refractivity contribution in [3.63, 3.8) is 0 Å². The van der Waals surface area contributed by atoms with E-state index in [1.54, 1.807) is 11.3 Å². The summed E-state index contributed by atoms with van der Waals surface area (Å²) in [7, 11) is 0. The average molecular weight is 275 g/mol. The van der Waals surface area contributed by atoms with E-state index in [2.05, 4.69) is 25.2 Å². The highest BCUT2D eigenvalue weighted by Crippen LogP contribution is 2.21. The molecule has 0 unspecified atom stereocenters. The minimum absolute atomic E-state index is 0. The number of rotatable bonds is 2. The molecule has 1 atom stereocenters. The van der Waals surface area contributed by atoms with E-state index in [1.165, 1.54) is 5.56 Å². The van der Waals surface area contributed by atoms with Crippen LogP contribution in [0.15, 0.2) is 11.4 Å². The number of piperazine rings is 1. The number of halogens is 1. The summed E-state index contributed by atoms with van der Waals surface area (Å²) in [5.41, 5.74) is 1.18. The van der Waals surface area contributed by atoms with Crippen molar-refractivity contribution < 1.29 is 4.79 Å². The van der Waals surface area contributed by atoms with Crippen LogP contribution in [0, 0.1) is 0 Å². The van der Waals surface area contributed by atoms with Crippen LogP contribution in [-0.4, -0.2) is 36.5 Å². The van der Waals surface area contributed by atoms with Gasteiger partial charge in [-0.3, -0.25) is 4.79 Å². The van der Waals surface area contributed by atoms with E-state index in [0.717, 1.165) is 30.9 Å². The summed E-state index contributed by atoms with van der Waals surface area (Å²) in [5.74, 6) is 0.209. The SMILES string of the molecule is CCc1ccsc1C(=O)N1CCNC[C@@H]1C.Cl. The van der Waals surface area contributed by atoms with E-state index in [9.17, 15) is 4.79 Å². The molecule has 2 heterocycles. The van der Waals surface area contributed by atoms with Crippen LogP contribution >= 0.6 is 23.7 Å². The van der Waals surface area contributed by atoms with Crippen molar-refractivity contribution in [3.05, 3.63) is 21.9 Å². The van der Waals surface area contributed by atoms with Crippen molar-refractivity contribution in [1.29, 1.82) is 0 Å². The second-order valence-electron chi connectivity index (χ2n) is 4.18. The first-order chi connectivity index (χ1) is 7.74. The van der Waals surface area contributed by atoms with Crippen LogP contribution in [0.5, 0.6) is 0 Å². The third-order valence-electron chi connectivity index (χ3n) is 3.08. The molecule has 17 heavy (non-hydrogen) atoms. The van der Waals surface area contributed by atoms with Crippen LogP contribution in [0.1, 0.15) is 29.1 Å². The lowest BCUT2D eigenvalue weighted by Crippen LogP contribution is -2.52. The van der Waals surface area contributed by atoms with Gasteiger partial charge in [-0.25, -0.2) is 0 Å². The molecule has 1 aromatic heterocycles. The van der Waals surface area contributed by atoms with Gasteiger partial charge in [0.15, 0.2) is 0 Å². The molecular formula is C12H19ClN2OS. The van der Waals surface area contributed by atoms with Gasteiger partial charge >= 0.3 is 0 Å². The van der Waals surface area contributed by atoms with E-state index in [0.29, 0.717) is 6.04 Å². The smallest absolute Gasteiger partial charge is 0.264 e. The van der Waals surface area contributed by atoms with Crippen molar-refractivity contribution in [3.8, 4) is 0 Å². The predicted molar refractivity (Wildman–Crippen MR) is 74.3 cm³/mol. The molecule has 1 aromatic rings. The van der Waals surface area contributed by atoms with Crippen molar-refractivity contribution in [2.24, 2.45) is 0 Å². The number of nitrogens with one attached hydrogen (secondary N) is 1. The third-order valence-corrected chi connectivity index (χ3v) is 4.03. The Morgan fingerprint density at radius 1 is 1.65 bits per heavy atom. The fraction of sp³-hybridized carbons (Fsp3) is 0.583. The molecule has 0 saturated carbocycles. The summed E-state index contributed by atoms with van der Waals surface area (Å²) >= 11 is 1.57. The Kier molecular flexibility index (Phi) is 5.43. The van der Waals surface area contributed by atoms with E-state index < -0.39 is 0 Å². The van der Waals surface area contributed by atoms with Gasteiger partial charge in [-0.1, -0.05) is 6.92 Å². The molecule has 2 rings (SSSR count). The molecular weight excluding hydrogens is 256 g/mol. The third kappa shape index (κ3) is 3.00. The van der Waals surface area contributed by atoms with Crippen molar-refractivity contribution in [2.75, 3.05) is 19.6 Å². The minimum atomic E-state index is 0. The Morgan fingerprint density at radius 2 is 2.41 bits per heavy atom. The van der Waals surface area contributed by atoms with E-state index in [-0.39, 0.29) is 18.3 Å². The maximum absolute atomic E-state index is 12.4. The molecule has 0 aliphatic carbocycles. The lowest BCUT2D eigenvalue weighted by Gasteiger charge is -2.33. The first-order valence-electron chi connectivity index (χ1n) is 5.82. The summed E-state index contributed by atoms with van der Waals surface area (Å²) in [4.78, 5) is 15.3. The normalized spacial score (nSPS) is 19.9. The highest BCUT2D eigenvalue weighted by Gasteiger charge is 2.25. The first-order valence-corrected chi connectivity index (χ1v) is 6.70. The molecule has 1 aliphatic heterocycles. The van der Waals surface area contributed by atoms with E-state index in [4.69, 9.17) is 0 Å². The van der Waals surface area contributed by atoms with Gasteiger partial charge in [0.25, 0.3) is 5.91 Å². The monoisotopic (exact) mass is 274 g/mol. The summed E-state index contributed by atoms with van der Waals surface area (Å²) < 4.78 is 0. The van der Waals surface area contributed by atoms with Crippen LogP contribution in [0.2, 0.25) is 0 Å².